The molecule has 5 rings (SSSR count). The standard InChI is InChI=1S/C34H42N4O5S/c1-3-5-7-10-19-36-20-17-25(18-21-36)28-24-35-29-14-13-26(23-27(28)29)37-34(44)38(43-33(40)16-15-32(39)42-37)30-11-8-9-12-31(30)41-22-6-4-2/h8-9,11-16,23-25,35H,3-7,10,17-22H2,1-2H3. The number of nitrogens with zero attached hydrogens (tertiary/aromatic N) is 3. The molecule has 1 aliphatic heterocycles. The SMILES string of the molecule is CCCCCCN1CCC(c2c[nH]c3ccc(-n4oc(=O)ccc(=O)on(-c5ccccc5OCCCC)c4=S)cc23)CC1. The van der Waals surface area contributed by atoms with Gasteiger partial charge in [0.1, 0.15) is 11.4 Å². The van der Waals surface area contributed by atoms with Crippen LogP contribution in [0, 0.1) is 4.77 Å². The van der Waals surface area contributed by atoms with Crippen LogP contribution in [0.2, 0.25) is 0 Å². The first-order valence-corrected chi connectivity index (χ1v) is 16.2. The highest BCUT2D eigenvalue weighted by molar-refractivity contribution is 7.71. The van der Waals surface area contributed by atoms with Crippen LogP contribution in [0.4, 0.5) is 0 Å². The average molecular weight is 619 g/mol. The Bertz CT molecular complexity index is 1770. The number of nitrogens with one attached hydrogen (secondary N) is 1. The van der Waals surface area contributed by atoms with Gasteiger partial charge in [-0.3, -0.25) is 0 Å². The molecule has 0 atom stereocenters. The van der Waals surface area contributed by atoms with Gasteiger partial charge in [-0.2, -0.15) is 0 Å². The minimum Gasteiger partial charge on any atom is -0.491 e. The normalized spacial score (nSPS) is 14.1. The molecule has 44 heavy (non-hydrogen) atoms. The van der Waals surface area contributed by atoms with Crippen LogP contribution in [0.1, 0.15) is 76.7 Å². The van der Waals surface area contributed by atoms with Gasteiger partial charge in [-0.15, -0.1) is 9.48 Å². The van der Waals surface area contributed by atoms with E-state index in [1.54, 1.807) is 18.2 Å². The van der Waals surface area contributed by atoms with E-state index in [-0.39, 0.29) is 4.77 Å². The molecule has 1 saturated heterocycles. The van der Waals surface area contributed by atoms with Crippen LogP contribution >= 0.6 is 12.2 Å². The van der Waals surface area contributed by atoms with Gasteiger partial charge >= 0.3 is 11.3 Å². The van der Waals surface area contributed by atoms with Crippen LogP contribution < -0.4 is 16.0 Å². The van der Waals surface area contributed by atoms with E-state index in [1.165, 1.54) is 47.3 Å². The largest absolute Gasteiger partial charge is 0.491 e. The van der Waals surface area contributed by atoms with Crippen molar-refractivity contribution in [3.8, 4) is 17.1 Å². The van der Waals surface area contributed by atoms with Crippen LogP contribution in [0.3, 0.4) is 0 Å². The number of H-pyrrole nitrogens is 1. The number of benzene rings is 2. The Morgan fingerprint density at radius 3 is 2.36 bits per heavy atom. The number of para-hydroxylation sites is 2. The highest BCUT2D eigenvalue weighted by Gasteiger charge is 2.23. The Morgan fingerprint density at radius 2 is 1.61 bits per heavy atom. The van der Waals surface area contributed by atoms with Crippen molar-refractivity contribution in [1.29, 1.82) is 0 Å². The summed E-state index contributed by atoms with van der Waals surface area (Å²) in [5.74, 6) is 0.911. The number of likely N-dealkylation sites (tertiary alicyclic amines) is 1. The first-order valence-electron chi connectivity index (χ1n) is 15.8. The molecule has 0 aliphatic carbocycles. The van der Waals surface area contributed by atoms with Gasteiger partial charge in [-0.25, -0.2) is 9.59 Å². The predicted molar refractivity (Wildman–Crippen MR) is 175 cm³/mol. The van der Waals surface area contributed by atoms with Crippen LogP contribution in [0.15, 0.2) is 79.4 Å². The molecular formula is C34H42N4O5S. The van der Waals surface area contributed by atoms with Gasteiger partial charge in [0.25, 0.3) is 0 Å². The van der Waals surface area contributed by atoms with E-state index in [2.05, 4.69) is 29.9 Å². The summed E-state index contributed by atoms with van der Waals surface area (Å²) in [5, 5.41) is 1.05. The van der Waals surface area contributed by atoms with Crippen molar-refractivity contribution in [2.75, 3.05) is 26.2 Å². The fourth-order valence-electron chi connectivity index (χ4n) is 5.75. The average Bonchev–Trinajstić information content (AvgIpc) is 3.48. The highest BCUT2D eigenvalue weighted by atomic mass is 32.1. The van der Waals surface area contributed by atoms with E-state index in [9.17, 15) is 9.59 Å². The first kappa shape index (κ1) is 31.5. The summed E-state index contributed by atoms with van der Waals surface area (Å²) < 4.78 is 19.8. The predicted octanol–water partition coefficient (Wildman–Crippen LogP) is 7.45. The minimum absolute atomic E-state index is 0.0465. The second-order valence-corrected chi connectivity index (χ2v) is 11.7. The fraction of sp³-hybridized carbons (Fsp3) is 0.441. The summed E-state index contributed by atoms with van der Waals surface area (Å²) in [6, 6.07) is 15.0. The summed E-state index contributed by atoms with van der Waals surface area (Å²) >= 11 is 5.85. The van der Waals surface area contributed by atoms with Crippen molar-refractivity contribution >= 4 is 23.1 Å². The first-order chi connectivity index (χ1) is 21.5. The van der Waals surface area contributed by atoms with E-state index in [4.69, 9.17) is 26.0 Å². The van der Waals surface area contributed by atoms with Gasteiger partial charge in [-0.05, 0) is 99.3 Å². The monoisotopic (exact) mass is 618 g/mol. The molecule has 2 aromatic heterocycles. The van der Waals surface area contributed by atoms with Crippen molar-refractivity contribution in [3.63, 3.8) is 0 Å². The number of piperidine rings is 1. The van der Waals surface area contributed by atoms with E-state index in [0.717, 1.165) is 61.8 Å². The molecule has 0 unspecified atom stereocenters. The second-order valence-electron chi connectivity index (χ2n) is 11.3. The molecule has 234 valence electrons. The maximum Gasteiger partial charge on any atom is 0.356 e. The third-order valence-corrected chi connectivity index (χ3v) is 8.52. The topological polar surface area (TPSA) is 98.5 Å². The van der Waals surface area contributed by atoms with E-state index in [1.807, 2.05) is 24.3 Å². The fourth-order valence-corrected chi connectivity index (χ4v) is 6.03. The van der Waals surface area contributed by atoms with Crippen molar-refractivity contribution in [2.24, 2.45) is 0 Å². The Balaban J connectivity index is 1.54. The summed E-state index contributed by atoms with van der Waals surface area (Å²) in [6.07, 6.45) is 11.2. The van der Waals surface area contributed by atoms with Gasteiger partial charge in [0.2, 0.25) is 4.77 Å². The zero-order chi connectivity index (χ0) is 30.9. The molecule has 1 fully saturated rings. The molecule has 1 aliphatic rings. The lowest BCUT2D eigenvalue weighted by Crippen LogP contribution is -2.33. The molecule has 9 nitrogen and oxygen atoms in total. The molecule has 0 saturated carbocycles. The Labute approximate surface area is 262 Å². The van der Waals surface area contributed by atoms with E-state index < -0.39 is 11.3 Å². The summed E-state index contributed by atoms with van der Waals surface area (Å²) in [4.78, 5) is 31.4. The molecular weight excluding hydrogens is 576 g/mol. The van der Waals surface area contributed by atoms with Gasteiger partial charge in [0.15, 0.2) is 0 Å². The molecule has 10 heteroatoms. The highest BCUT2D eigenvalue weighted by Crippen LogP contribution is 2.34. The molecule has 0 amide bonds. The number of unbranched alkanes of at least 4 members (excludes halogenated alkanes) is 4. The summed E-state index contributed by atoms with van der Waals surface area (Å²) in [6.45, 7) is 8.16. The van der Waals surface area contributed by atoms with Crippen molar-refractivity contribution in [1.82, 2.24) is 19.4 Å². The zero-order valence-electron chi connectivity index (χ0n) is 25.6. The molecule has 0 radical (unpaired) electrons. The second kappa shape index (κ2) is 15.2. The Kier molecular flexibility index (Phi) is 10.9. The lowest BCUT2D eigenvalue weighted by molar-refractivity contribution is 0.209. The minimum atomic E-state index is -0.769. The van der Waals surface area contributed by atoms with Crippen molar-refractivity contribution in [2.45, 2.75) is 71.1 Å². The lowest BCUT2D eigenvalue weighted by atomic mass is 9.89. The van der Waals surface area contributed by atoms with Crippen LogP contribution in [0.5, 0.6) is 5.75 Å². The van der Waals surface area contributed by atoms with Crippen LogP contribution in [-0.4, -0.2) is 45.6 Å². The number of hydrogen-bond donors (Lipinski definition) is 1. The number of aromatic amines is 1. The smallest absolute Gasteiger partial charge is 0.356 e. The van der Waals surface area contributed by atoms with Crippen LogP contribution in [0.25, 0.3) is 22.3 Å². The number of fused-ring (bicyclic) bond motifs is 1. The summed E-state index contributed by atoms with van der Waals surface area (Å²) in [5.41, 5.74) is 1.67. The molecule has 0 bridgehead atoms. The Morgan fingerprint density at radius 1 is 0.886 bits per heavy atom. The molecule has 3 heterocycles. The number of hydrogen-bond acceptors (Lipinski definition) is 7. The van der Waals surface area contributed by atoms with Gasteiger partial charge in [0.05, 0.1) is 12.3 Å². The van der Waals surface area contributed by atoms with Crippen molar-refractivity contribution < 1.29 is 13.8 Å². The van der Waals surface area contributed by atoms with Gasteiger partial charge in [0, 0.05) is 29.2 Å². The molecule has 2 aromatic carbocycles. The maximum absolute atomic E-state index is 12.7. The molecule has 1 N–H and O–H groups in total. The number of aromatic nitrogens is 3. The number of rotatable bonds is 12. The van der Waals surface area contributed by atoms with E-state index in [0.29, 0.717) is 29.6 Å². The molecule has 0 spiro atoms. The van der Waals surface area contributed by atoms with Crippen LogP contribution in [-0.2, 0) is 0 Å². The zero-order valence-corrected chi connectivity index (χ0v) is 26.4. The van der Waals surface area contributed by atoms with E-state index >= 15 is 0 Å². The Hall–Kier alpha value is -3.89. The third-order valence-electron chi connectivity index (χ3n) is 8.19. The maximum atomic E-state index is 12.7. The number of ether oxygens (including phenoxy) is 1. The van der Waals surface area contributed by atoms with Gasteiger partial charge < -0.3 is 23.7 Å². The van der Waals surface area contributed by atoms with Crippen molar-refractivity contribution in [3.05, 3.63) is 92.0 Å². The lowest BCUT2D eigenvalue weighted by Gasteiger charge is -2.32. The quantitative estimate of drug-likeness (QED) is 0.130. The summed E-state index contributed by atoms with van der Waals surface area (Å²) in [7, 11) is 0. The van der Waals surface area contributed by atoms with Gasteiger partial charge in [-0.1, -0.05) is 51.7 Å². The molecule has 4 aromatic rings. The third kappa shape index (κ3) is 7.60.